The largest absolute Gasteiger partial charge is 0.497 e. The third-order valence-corrected chi connectivity index (χ3v) is 5.50. The van der Waals surface area contributed by atoms with E-state index >= 15 is 0 Å². The van der Waals surface area contributed by atoms with E-state index in [0.29, 0.717) is 12.8 Å². The molecule has 2 atom stereocenters. The minimum absolute atomic E-state index is 0.291. The van der Waals surface area contributed by atoms with Gasteiger partial charge in [-0.2, -0.15) is 0 Å². The predicted molar refractivity (Wildman–Crippen MR) is 91.1 cm³/mol. The van der Waals surface area contributed by atoms with E-state index in [1.165, 1.54) is 7.11 Å². The van der Waals surface area contributed by atoms with Crippen LogP contribution in [0.5, 0.6) is 5.75 Å². The van der Waals surface area contributed by atoms with Gasteiger partial charge in [0.25, 0.3) is 0 Å². The van der Waals surface area contributed by atoms with Crippen LogP contribution in [0.1, 0.15) is 25.7 Å². The molecule has 0 saturated carbocycles. The third kappa shape index (κ3) is 4.12. The summed E-state index contributed by atoms with van der Waals surface area (Å²) in [5.74, 6) is 0.776. The second-order valence-corrected chi connectivity index (χ2v) is 7.28. The van der Waals surface area contributed by atoms with Crippen molar-refractivity contribution in [2.75, 3.05) is 27.0 Å². The fourth-order valence-corrected chi connectivity index (χ4v) is 3.66. The molecule has 0 spiro atoms. The maximum Gasteiger partial charge on any atom is 0.332 e. The molecular weight excluding hydrogens is 315 g/mol. The van der Waals surface area contributed by atoms with Crippen molar-refractivity contribution in [1.82, 2.24) is 0 Å². The van der Waals surface area contributed by atoms with Gasteiger partial charge >= 0.3 is 7.60 Å². The number of fused-ring (bicyclic) bond motifs is 1. The lowest BCUT2D eigenvalue weighted by Crippen LogP contribution is -2.08. The van der Waals surface area contributed by atoms with Gasteiger partial charge in [0.15, 0.2) is 6.29 Å². The average Bonchev–Trinajstić information content (AvgIpc) is 2.59. The van der Waals surface area contributed by atoms with Gasteiger partial charge in [0.2, 0.25) is 0 Å². The van der Waals surface area contributed by atoms with Gasteiger partial charge in [-0.3, -0.25) is 9.09 Å². The number of rotatable bonds is 8. The Balaban J connectivity index is 2.41. The summed E-state index contributed by atoms with van der Waals surface area (Å²) in [6, 6.07) is 11.5. The number of hydrogen-bond donors (Lipinski definition) is 0. The van der Waals surface area contributed by atoms with Crippen LogP contribution < -0.4 is 4.74 Å². The molecule has 0 amide bonds. The van der Waals surface area contributed by atoms with E-state index < -0.39 is 13.9 Å². The van der Waals surface area contributed by atoms with Gasteiger partial charge in [-0.05, 0) is 29.8 Å². The van der Waals surface area contributed by atoms with E-state index in [9.17, 15) is 4.57 Å². The van der Waals surface area contributed by atoms with Crippen molar-refractivity contribution >= 4 is 18.4 Å². The van der Waals surface area contributed by atoms with Crippen molar-refractivity contribution in [2.45, 2.75) is 20.1 Å². The molecule has 6 heteroatoms. The molecule has 126 valence electrons. The first kappa shape index (κ1) is 18.0. The summed E-state index contributed by atoms with van der Waals surface area (Å²) in [6.45, 7) is 3.89. The zero-order valence-electron chi connectivity index (χ0n) is 13.9. The lowest BCUT2D eigenvalue weighted by atomic mass is 10.0. The number of ether oxygens (including phenoxy) is 2. The SMILES string of the molecule is CCOP(=O)(CC)OC(OC)c1cccc2cc(OC)ccc12. The van der Waals surface area contributed by atoms with E-state index in [2.05, 4.69) is 0 Å². The maximum atomic E-state index is 12.6. The Bertz CT molecular complexity index is 700. The maximum absolute atomic E-state index is 12.6. The van der Waals surface area contributed by atoms with Crippen LogP contribution in [0.2, 0.25) is 0 Å². The van der Waals surface area contributed by atoms with Crippen LogP contribution in [0.15, 0.2) is 36.4 Å². The predicted octanol–water partition coefficient (Wildman–Crippen LogP) is 4.76. The average molecular weight is 338 g/mol. The smallest absolute Gasteiger partial charge is 0.332 e. The van der Waals surface area contributed by atoms with Crippen LogP contribution in [0.25, 0.3) is 10.8 Å². The Hall–Kier alpha value is -1.39. The molecule has 0 aliphatic heterocycles. The summed E-state index contributed by atoms with van der Waals surface area (Å²) < 4.78 is 34.3. The van der Waals surface area contributed by atoms with Gasteiger partial charge in [-0.15, -0.1) is 0 Å². The number of methoxy groups -OCH3 is 2. The minimum atomic E-state index is -3.18. The molecule has 0 aliphatic carbocycles. The van der Waals surface area contributed by atoms with Crippen LogP contribution in [0.3, 0.4) is 0 Å². The fourth-order valence-electron chi connectivity index (χ4n) is 2.38. The number of hydrogen-bond acceptors (Lipinski definition) is 5. The van der Waals surface area contributed by atoms with Crippen molar-refractivity contribution in [3.05, 3.63) is 42.0 Å². The molecular formula is C17H23O5P. The third-order valence-electron chi connectivity index (χ3n) is 3.56. The molecule has 0 fully saturated rings. The van der Waals surface area contributed by atoms with E-state index in [-0.39, 0.29) is 0 Å². The minimum Gasteiger partial charge on any atom is -0.497 e. The van der Waals surface area contributed by atoms with Crippen molar-refractivity contribution in [2.24, 2.45) is 0 Å². The monoisotopic (exact) mass is 338 g/mol. The Kier molecular flexibility index (Phi) is 6.19. The van der Waals surface area contributed by atoms with Gasteiger partial charge in [0, 0.05) is 18.8 Å². The second kappa shape index (κ2) is 7.93. The Morgan fingerprint density at radius 2 is 1.91 bits per heavy atom. The lowest BCUT2D eigenvalue weighted by molar-refractivity contribution is -0.0634. The molecule has 0 bridgehead atoms. The molecule has 2 aromatic rings. The summed E-state index contributed by atoms with van der Waals surface area (Å²) in [6.07, 6.45) is -0.469. The highest BCUT2D eigenvalue weighted by Crippen LogP contribution is 2.52. The summed E-state index contributed by atoms with van der Waals surface area (Å²) in [5.41, 5.74) is 0.807. The Morgan fingerprint density at radius 3 is 2.52 bits per heavy atom. The first-order valence-corrected chi connectivity index (χ1v) is 9.31. The van der Waals surface area contributed by atoms with Gasteiger partial charge in [-0.1, -0.05) is 31.2 Å². The normalized spacial score (nSPS) is 15.3. The molecule has 5 nitrogen and oxygen atoms in total. The molecule has 2 aromatic carbocycles. The Morgan fingerprint density at radius 1 is 1.13 bits per heavy atom. The van der Waals surface area contributed by atoms with E-state index in [1.807, 2.05) is 36.4 Å². The molecule has 0 saturated heterocycles. The molecule has 23 heavy (non-hydrogen) atoms. The van der Waals surface area contributed by atoms with Crippen molar-refractivity contribution < 1.29 is 23.1 Å². The van der Waals surface area contributed by atoms with Gasteiger partial charge < -0.3 is 14.0 Å². The fraction of sp³-hybridized carbons (Fsp3) is 0.412. The molecule has 0 aromatic heterocycles. The van der Waals surface area contributed by atoms with Crippen LogP contribution in [-0.2, 0) is 18.3 Å². The molecule has 0 N–H and O–H groups in total. The quantitative estimate of drug-likeness (QED) is 0.513. The molecule has 0 heterocycles. The lowest BCUT2D eigenvalue weighted by Gasteiger charge is -2.23. The van der Waals surface area contributed by atoms with Crippen LogP contribution >= 0.6 is 7.60 Å². The summed E-state index contributed by atoms with van der Waals surface area (Å²) in [5, 5.41) is 1.95. The Labute approximate surface area is 137 Å². The standard InChI is InChI=1S/C17H23O5P/c1-5-21-23(18,6-2)22-17(20-4)16-9-7-8-13-12-14(19-3)10-11-15(13)16/h7-12,17H,5-6H2,1-4H3. The highest BCUT2D eigenvalue weighted by atomic mass is 31.2. The molecule has 2 unspecified atom stereocenters. The molecule has 0 radical (unpaired) electrons. The second-order valence-electron chi connectivity index (χ2n) is 4.95. The first-order valence-electron chi connectivity index (χ1n) is 7.58. The highest BCUT2D eigenvalue weighted by Gasteiger charge is 2.28. The number of benzene rings is 2. The van der Waals surface area contributed by atoms with Crippen LogP contribution in [0.4, 0.5) is 0 Å². The van der Waals surface area contributed by atoms with Crippen molar-refractivity contribution in [3.63, 3.8) is 0 Å². The summed E-state index contributed by atoms with van der Waals surface area (Å²) in [4.78, 5) is 0. The zero-order chi connectivity index (χ0) is 16.9. The van der Waals surface area contributed by atoms with Gasteiger partial charge in [0.05, 0.1) is 13.7 Å². The molecule has 0 aliphatic rings. The highest BCUT2D eigenvalue weighted by molar-refractivity contribution is 7.53. The first-order chi connectivity index (χ1) is 11.1. The van der Waals surface area contributed by atoms with Crippen molar-refractivity contribution in [1.29, 1.82) is 0 Å². The zero-order valence-corrected chi connectivity index (χ0v) is 14.8. The van der Waals surface area contributed by atoms with E-state index in [1.54, 1.807) is 21.0 Å². The van der Waals surface area contributed by atoms with Crippen LogP contribution in [-0.4, -0.2) is 27.0 Å². The summed E-state index contributed by atoms with van der Waals surface area (Å²) >= 11 is 0. The molecule has 2 rings (SSSR count). The van der Waals surface area contributed by atoms with E-state index in [0.717, 1.165) is 22.1 Å². The van der Waals surface area contributed by atoms with Crippen LogP contribution in [0, 0.1) is 0 Å². The summed E-state index contributed by atoms with van der Waals surface area (Å²) in [7, 11) is -0.0240. The van der Waals surface area contributed by atoms with Gasteiger partial charge in [0.1, 0.15) is 5.75 Å². The topological polar surface area (TPSA) is 54.0 Å². The van der Waals surface area contributed by atoms with Crippen molar-refractivity contribution in [3.8, 4) is 5.75 Å². The van der Waals surface area contributed by atoms with E-state index in [4.69, 9.17) is 18.5 Å². The van der Waals surface area contributed by atoms with Gasteiger partial charge in [-0.25, -0.2) is 0 Å².